The van der Waals surface area contributed by atoms with Crippen molar-refractivity contribution >= 4 is 23.0 Å². The van der Waals surface area contributed by atoms with Crippen molar-refractivity contribution in [1.82, 2.24) is 19.5 Å². The van der Waals surface area contributed by atoms with Crippen LogP contribution in [0, 0.1) is 0 Å². The minimum atomic E-state index is -0.586. The Kier molecular flexibility index (Phi) is 6.65. The fraction of sp³-hybridized carbons (Fsp3) is 0.538. The summed E-state index contributed by atoms with van der Waals surface area (Å²) in [5, 5.41) is 3.70. The van der Waals surface area contributed by atoms with E-state index in [-0.39, 0.29) is 5.69 Å². The first-order chi connectivity index (χ1) is 16.6. The highest BCUT2D eigenvalue weighted by molar-refractivity contribution is 6.02. The second-order valence-corrected chi connectivity index (χ2v) is 9.47. The Labute approximate surface area is 200 Å². The molecule has 2 saturated carbocycles. The Morgan fingerprint density at radius 3 is 2.32 bits per heavy atom. The second kappa shape index (κ2) is 9.99. The van der Waals surface area contributed by atoms with Gasteiger partial charge in [-0.3, -0.25) is 9.36 Å². The van der Waals surface area contributed by atoms with Crippen LogP contribution in [0.2, 0.25) is 0 Å². The van der Waals surface area contributed by atoms with E-state index < -0.39 is 5.91 Å². The van der Waals surface area contributed by atoms with E-state index in [2.05, 4.69) is 14.9 Å². The molecule has 8 heteroatoms. The minimum Gasteiger partial charge on any atom is -0.494 e. The van der Waals surface area contributed by atoms with E-state index >= 15 is 0 Å². The molecule has 1 amide bonds. The topological polar surface area (TPSA) is 108 Å². The first-order valence-electron chi connectivity index (χ1n) is 12.7. The third-order valence-electron chi connectivity index (χ3n) is 7.07. The maximum absolute atomic E-state index is 12.5. The van der Waals surface area contributed by atoms with E-state index in [4.69, 9.17) is 20.4 Å². The van der Waals surface area contributed by atoms with Crippen molar-refractivity contribution in [2.75, 3.05) is 11.9 Å². The van der Waals surface area contributed by atoms with Crippen LogP contribution in [0.1, 0.15) is 87.7 Å². The van der Waals surface area contributed by atoms with Gasteiger partial charge in [-0.2, -0.15) is 0 Å². The number of nitrogens with two attached hydrogens (primary N) is 1. The highest BCUT2D eigenvalue weighted by atomic mass is 16.5. The summed E-state index contributed by atoms with van der Waals surface area (Å²) >= 11 is 0. The number of primary amides is 1. The second-order valence-electron chi connectivity index (χ2n) is 9.47. The quantitative estimate of drug-likeness (QED) is 0.497. The Balaban J connectivity index is 1.63. The SMILES string of the molecule is CCOc1ccc(-c2nc(C(N)=O)c3nc(NC4CCCCC4)n(C4CCCCC4)c3n2)cc1. The average Bonchev–Trinajstić information content (AvgIpc) is 3.22. The van der Waals surface area contributed by atoms with Gasteiger partial charge in [0.15, 0.2) is 17.2 Å². The molecule has 8 nitrogen and oxygen atoms in total. The first-order valence-corrected chi connectivity index (χ1v) is 12.7. The lowest BCUT2D eigenvalue weighted by atomic mass is 9.95. The van der Waals surface area contributed by atoms with E-state index in [0.717, 1.165) is 42.9 Å². The van der Waals surface area contributed by atoms with Crippen LogP contribution in [0.4, 0.5) is 5.95 Å². The van der Waals surface area contributed by atoms with Gasteiger partial charge in [-0.15, -0.1) is 0 Å². The molecule has 34 heavy (non-hydrogen) atoms. The molecule has 2 fully saturated rings. The molecule has 2 aliphatic carbocycles. The van der Waals surface area contributed by atoms with E-state index in [0.29, 0.717) is 35.7 Å². The summed E-state index contributed by atoms with van der Waals surface area (Å²) in [5.74, 6) is 1.48. The molecule has 3 N–H and O–H groups in total. The Bertz CT molecular complexity index is 1140. The van der Waals surface area contributed by atoms with Crippen LogP contribution in [-0.4, -0.2) is 38.1 Å². The molecule has 0 saturated heterocycles. The number of carbonyl (C=O) groups excluding carboxylic acids is 1. The Hall–Kier alpha value is -3.16. The van der Waals surface area contributed by atoms with E-state index in [1.165, 1.54) is 38.5 Å². The van der Waals surface area contributed by atoms with Gasteiger partial charge in [0.25, 0.3) is 5.91 Å². The van der Waals surface area contributed by atoms with Gasteiger partial charge in [0.2, 0.25) is 5.95 Å². The number of amides is 1. The summed E-state index contributed by atoms with van der Waals surface area (Å²) in [7, 11) is 0. The van der Waals surface area contributed by atoms with E-state index in [9.17, 15) is 4.79 Å². The number of ether oxygens (including phenoxy) is 1. The number of hydrogen-bond acceptors (Lipinski definition) is 6. The Morgan fingerprint density at radius 1 is 1.00 bits per heavy atom. The van der Waals surface area contributed by atoms with Gasteiger partial charge in [0.1, 0.15) is 11.3 Å². The number of fused-ring (bicyclic) bond motifs is 1. The number of aromatic nitrogens is 4. The van der Waals surface area contributed by atoms with Crippen molar-refractivity contribution in [2.24, 2.45) is 5.73 Å². The summed E-state index contributed by atoms with van der Waals surface area (Å²) in [6, 6.07) is 8.31. The molecule has 2 aromatic heterocycles. The van der Waals surface area contributed by atoms with Crippen molar-refractivity contribution in [3.8, 4) is 17.1 Å². The van der Waals surface area contributed by atoms with Crippen molar-refractivity contribution in [3.63, 3.8) is 0 Å². The number of benzene rings is 1. The number of rotatable bonds is 7. The zero-order chi connectivity index (χ0) is 23.5. The predicted molar refractivity (Wildman–Crippen MR) is 133 cm³/mol. The Morgan fingerprint density at radius 2 is 1.68 bits per heavy atom. The van der Waals surface area contributed by atoms with Crippen LogP contribution in [0.3, 0.4) is 0 Å². The zero-order valence-corrected chi connectivity index (χ0v) is 19.9. The molecule has 2 aliphatic rings. The maximum atomic E-state index is 12.5. The summed E-state index contributed by atoms with van der Waals surface area (Å²) in [4.78, 5) is 26.9. The van der Waals surface area contributed by atoms with E-state index in [1.54, 1.807) is 0 Å². The third-order valence-corrected chi connectivity index (χ3v) is 7.07. The largest absolute Gasteiger partial charge is 0.494 e. The lowest BCUT2D eigenvalue weighted by Gasteiger charge is -2.28. The molecule has 1 aromatic carbocycles. The zero-order valence-electron chi connectivity index (χ0n) is 19.9. The minimum absolute atomic E-state index is 0.176. The van der Waals surface area contributed by atoms with Crippen LogP contribution in [0.5, 0.6) is 5.75 Å². The molecular weight excluding hydrogens is 428 g/mol. The molecule has 0 radical (unpaired) electrons. The van der Waals surface area contributed by atoms with Gasteiger partial charge in [0, 0.05) is 17.6 Å². The van der Waals surface area contributed by atoms with Crippen molar-refractivity contribution in [1.29, 1.82) is 0 Å². The lowest BCUT2D eigenvalue weighted by molar-refractivity contribution is 0.0997. The summed E-state index contributed by atoms with van der Waals surface area (Å²) in [5.41, 5.74) is 7.97. The van der Waals surface area contributed by atoms with Crippen molar-refractivity contribution < 1.29 is 9.53 Å². The fourth-order valence-electron chi connectivity index (χ4n) is 5.36. The molecule has 0 aliphatic heterocycles. The van der Waals surface area contributed by atoms with Gasteiger partial charge in [-0.1, -0.05) is 38.5 Å². The van der Waals surface area contributed by atoms with Gasteiger partial charge < -0.3 is 15.8 Å². The molecule has 2 heterocycles. The molecule has 0 unspecified atom stereocenters. The maximum Gasteiger partial charge on any atom is 0.269 e. The number of anilines is 1. The lowest BCUT2D eigenvalue weighted by Crippen LogP contribution is -2.25. The number of carbonyl (C=O) groups is 1. The van der Waals surface area contributed by atoms with Gasteiger partial charge >= 0.3 is 0 Å². The summed E-state index contributed by atoms with van der Waals surface area (Å²) in [6.45, 7) is 2.56. The van der Waals surface area contributed by atoms with E-state index in [1.807, 2.05) is 31.2 Å². The number of nitrogens with one attached hydrogen (secondary N) is 1. The molecule has 0 bridgehead atoms. The summed E-state index contributed by atoms with van der Waals surface area (Å²) in [6.07, 6.45) is 11.8. The van der Waals surface area contributed by atoms with Crippen LogP contribution in [-0.2, 0) is 0 Å². The third kappa shape index (κ3) is 4.58. The molecule has 0 atom stereocenters. The van der Waals surface area contributed by atoms with Crippen molar-refractivity contribution in [3.05, 3.63) is 30.0 Å². The number of nitrogens with zero attached hydrogens (tertiary/aromatic N) is 4. The molecule has 5 rings (SSSR count). The van der Waals surface area contributed by atoms with Gasteiger partial charge in [0.05, 0.1) is 6.61 Å². The standard InChI is InChI=1S/C26H34N6O2/c1-2-34-20-15-13-17(14-16-20)24-29-21(23(27)33)22-25(31-24)32(19-11-7-4-8-12-19)26(30-22)28-18-9-5-3-6-10-18/h13-16,18-19H,2-12H2,1H3,(H2,27,33)(H,28,30). The molecule has 3 aromatic rings. The van der Waals surface area contributed by atoms with Crippen LogP contribution in [0.25, 0.3) is 22.6 Å². The predicted octanol–water partition coefficient (Wildman–Crippen LogP) is 5.24. The monoisotopic (exact) mass is 462 g/mol. The normalized spacial score (nSPS) is 17.7. The molecule has 0 spiro atoms. The van der Waals surface area contributed by atoms with Gasteiger partial charge in [-0.25, -0.2) is 15.0 Å². The number of hydrogen-bond donors (Lipinski definition) is 2. The number of imidazole rings is 1. The van der Waals surface area contributed by atoms with Crippen LogP contribution >= 0.6 is 0 Å². The van der Waals surface area contributed by atoms with Crippen molar-refractivity contribution in [2.45, 2.75) is 83.2 Å². The smallest absolute Gasteiger partial charge is 0.269 e. The fourth-order valence-corrected chi connectivity index (χ4v) is 5.36. The summed E-state index contributed by atoms with van der Waals surface area (Å²) < 4.78 is 7.80. The highest BCUT2D eigenvalue weighted by Crippen LogP contribution is 2.36. The average molecular weight is 463 g/mol. The van der Waals surface area contributed by atoms with Gasteiger partial charge in [-0.05, 0) is 56.9 Å². The molecular formula is C26H34N6O2. The molecule has 180 valence electrons. The first kappa shape index (κ1) is 22.6. The highest BCUT2D eigenvalue weighted by Gasteiger charge is 2.28. The van der Waals surface area contributed by atoms with Crippen LogP contribution in [0.15, 0.2) is 24.3 Å². The van der Waals surface area contributed by atoms with Crippen LogP contribution < -0.4 is 15.8 Å².